The molecule has 0 N–H and O–H groups in total. The SMILES string of the molecule is CCC1CC1C1CC1C. The highest BCUT2D eigenvalue weighted by molar-refractivity contribution is 4.99. The number of rotatable bonds is 2. The Hall–Kier alpha value is 0. The maximum atomic E-state index is 2.40. The van der Waals surface area contributed by atoms with Crippen LogP contribution < -0.4 is 0 Å². The molecule has 2 aliphatic rings. The van der Waals surface area contributed by atoms with Gasteiger partial charge in [-0.25, -0.2) is 0 Å². The van der Waals surface area contributed by atoms with Gasteiger partial charge in [0.1, 0.15) is 0 Å². The van der Waals surface area contributed by atoms with Gasteiger partial charge >= 0.3 is 0 Å². The van der Waals surface area contributed by atoms with E-state index in [4.69, 9.17) is 0 Å². The Balaban J connectivity index is 1.79. The zero-order valence-electron chi connectivity index (χ0n) is 6.43. The largest absolute Gasteiger partial charge is 0.0651 e. The number of hydrogen-bond donors (Lipinski definition) is 0. The van der Waals surface area contributed by atoms with Crippen LogP contribution in [-0.4, -0.2) is 0 Å². The van der Waals surface area contributed by atoms with Gasteiger partial charge in [-0.05, 0) is 36.5 Å². The average molecular weight is 124 g/mol. The van der Waals surface area contributed by atoms with Crippen molar-refractivity contribution in [2.24, 2.45) is 23.7 Å². The third kappa shape index (κ3) is 0.889. The third-order valence-electron chi connectivity index (χ3n) is 3.22. The normalized spacial score (nSPS) is 55.3. The average Bonchev–Trinajstić information content (AvgIpc) is 2.61. The van der Waals surface area contributed by atoms with E-state index >= 15 is 0 Å². The van der Waals surface area contributed by atoms with Gasteiger partial charge in [0.25, 0.3) is 0 Å². The molecule has 0 aromatic heterocycles. The summed E-state index contributed by atoms with van der Waals surface area (Å²) < 4.78 is 0. The Morgan fingerprint density at radius 3 is 2.22 bits per heavy atom. The highest BCUT2D eigenvalue weighted by Crippen LogP contribution is 2.58. The lowest BCUT2D eigenvalue weighted by molar-refractivity contribution is 0.583. The summed E-state index contributed by atoms with van der Waals surface area (Å²) in [6, 6.07) is 0. The van der Waals surface area contributed by atoms with Crippen molar-refractivity contribution in [1.29, 1.82) is 0 Å². The van der Waals surface area contributed by atoms with Crippen molar-refractivity contribution in [3.63, 3.8) is 0 Å². The summed E-state index contributed by atoms with van der Waals surface area (Å²) in [7, 11) is 0. The molecule has 9 heavy (non-hydrogen) atoms. The second-order valence-electron chi connectivity index (χ2n) is 3.94. The molecule has 0 radical (unpaired) electrons. The standard InChI is InChI=1S/C9H16/c1-3-7-5-9(7)8-4-6(8)2/h6-9H,3-5H2,1-2H3. The maximum Gasteiger partial charge on any atom is -0.0352 e. The van der Waals surface area contributed by atoms with E-state index < -0.39 is 0 Å². The van der Waals surface area contributed by atoms with Crippen molar-refractivity contribution in [2.75, 3.05) is 0 Å². The minimum Gasteiger partial charge on any atom is -0.0651 e. The van der Waals surface area contributed by atoms with Crippen LogP contribution in [0.25, 0.3) is 0 Å². The van der Waals surface area contributed by atoms with Gasteiger partial charge in [0, 0.05) is 0 Å². The molecule has 0 aliphatic heterocycles. The van der Waals surface area contributed by atoms with Crippen LogP contribution >= 0.6 is 0 Å². The van der Waals surface area contributed by atoms with Gasteiger partial charge in [-0.15, -0.1) is 0 Å². The van der Waals surface area contributed by atoms with Gasteiger partial charge in [0.05, 0.1) is 0 Å². The van der Waals surface area contributed by atoms with Gasteiger partial charge in [-0.1, -0.05) is 20.3 Å². The van der Waals surface area contributed by atoms with Crippen molar-refractivity contribution in [3.05, 3.63) is 0 Å². The predicted octanol–water partition coefficient (Wildman–Crippen LogP) is 2.69. The molecular formula is C9H16. The summed E-state index contributed by atoms with van der Waals surface area (Å²) in [6.45, 7) is 4.73. The van der Waals surface area contributed by atoms with E-state index in [2.05, 4.69) is 13.8 Å². The third-order valence-corrected chi connectivity index (χ3v) is 3.22. The fraction of sp³-hybridized carbons (Fsp3) is 1.00. The van der Waals surface area contributed by atoms with E-state index in [1.54, 1.807) is 12.8 Å². The van der Waals surface area contributed by atoms with E-state index in [9.17, 15) is 0 Å². The fourth-order valence-corrected chi connectivity index (χ4v) is 2.21. The fourth-order valence-electron chi connectivity index (χ4n) is 2.21. The Morgan fingerprint density at radius 2 is 1.89 bits per heavy atom. The van der Waals surface area contributed by atoms with Gasteiger partial charge in [-0.2, -0.15) is 0 Å². The molecule has 2 saturated carbocycles. The highest BCUT2D eigenvalue weighted by Gasteiger charge is 2.50. The molecule has 0 heteroatoms. The van der Waals surface area contributed by atoms with Crippen LogP contribution in [0, 0.1) is 23.7 Å². The van der Waals surface area contributed by atoms with Gasteiger partial charge in [0.15, 0.2) is 0 Å². The Morgan fingerprint density at radius 1 is 1.22 bits per heavy atom. The zero-order valence-corrected chi connectivity index (χ0v) is 6.43. The van der Waals surface area contributed by atoms with E-state index in [0.717, 1.165) is 17.8 Å². The monoisotopic (exact) mass is 124 g/mol. The van der Waals surface area contributed by atoms with Gasteiger partial charge < -0.3 is 0 Å². The van der Waals surface area contributed by atoms with E-state index in [-0.39, 0.29) is 0 Å². The second kappa shape index (κ2) is 1.74. The van der Waals surface area contributed by atoms with Crippen molar-refractivity contribution >= 4 is 0 Å². The summed E-state index contributed by atoms with van der Waals surface area (Å²) in [5.74, 6) is 4.56. The Kier molecular flexibility index (Phi) is 1.12. The van der Waals surface area contributed by atoms with Crippen LogP contribution in [0.2, 0.25) is 0 Å². The van der Waals surface area contributed by atoms with Crippen molar-refractivity contribution in [1.82, 2.24) is 0 Å². The first-order valence-electron chi connectivity index (χ1n) is 4.33. The van der Waals surface area contributed by atoms with Crippen molar-refractivity contribution in [3.8, 4) is 0 Å². The Labute approximate surface area is 57.6 Å². The van der Waals surface area contributed by atoms with Crippen molar-refractivity contribution < 1.29 is 0 Å². The van der Waals surface area contributed by atoms with Crippen molar-refractivity contribution in [2.45, 2.75) is 33.1 Å². The quantitative estimate of drug-likeness (QED) is 0.531. The predicted molar refractivity (Wildman–Crippen MR) is 39.2 cm³/mol. The molecule has 0 saturated heterocycles. The molecule has 2 aliphatic carbocycles. The first-order chi connectivity index (χ1) is 4.33. The Bertz CT molecular complexity index is 117. The number of hydrogen-bond acceptors (Lipinski definition) is 0. The lowest BCUT2D eigenvalue weighted by Crippen LogP contribution is -1.84. The van der Waals surface area contributed by atoms with Gasteiger partial charge in [0.2, 0.25) is 0 Å². The molecule has 52 valence electrons. The molecule has 4 unspecified atom stereocenters. The zero-order chi connectivity index (χ0) is 6.43. The van der Waals surface area contributed by atoms with E-state index in [0.29, 0.717) is 0 Å². The molecule has 0 nitrogen and oxygen atoms in total. The summed E-state index contributed by atoms with van der Waals surface area (Å²) in [5, 5.41) is 0. The highest BCUT2D eigenvalue weighted by atomic mass is 14.5. The lowest BCUT2D eigenvalue weighted by Gasteiger charge is -1.90. The molecule has 0 aromatic carbocycles. The summed E-state index contributed by atoms with van der Waals surface area (Å²) in [4.78, 5) is 0. The van der Waals surface area contributed by atoms with Crippen LogP contribution in [-0.2, 0) is 0 Å². The van der Waals surface area contributed by atoms with E-state index in [1.807, 2.05) is 0 Å². The molecule has 0 bridgehead atoms. The molecule has 4 atom stereocenters. The topological polar surface area (TPSA) is 0 Å². The van der Waals surface area contributed by atoms with Crippen LogP contribution in [0.3, 0.4) is 0 Å². The summed E-state index contributed by atoms with van der Waals surface area (Å²) in [6.07, 6.45) is 4.54. The first-order valence-corrected chi connectivity index (χ1v) is 4.33. The molecule has 0 amide bonds. The van der Waals surface area contributed by atoms with Crippen LogP contribution in [0.4, 0.5) is 0 Å². The first kappa shape index (κ1) is 5.76. The summed E-state index contributed by atoms with van der Waals surface area (Å²) >= 11 is 0. The van der Waals surface area contributed by atoms with Crippen LogP contribution in [0.1, 0.15) is 33.1 Å². The summed E-state index contributed by atoms with van der Waals surface area (Å²) in [5.41, 5.74) is 0. The molecule has 0 heterocycles. The van der Waals surface area contributed by atoms with Crippen LogP contribution in [0.5, 0.6) is 0 Å². The molecular weight excluding hydrogens is 108 g/mol. The van der Waals surface area contributed by atoms with Gasteiger partial charge in [-0.3, -0.25) is 0 Å². The molecule has 0 aromatic rings. The molecule has 2 fully saturated rings. The lowest BCUT2D eigenvalue weighted by atomic mass is 10.1. The molecule has 0 spiro atoms. The van der Waals surface area contributed by atoms with Crippen LogP contribution in [0.15, 0.2) is 0 Å². The maximum absolute atomic E-state index is 2.40. The second-order valence-corrected chi connectivity index (χ2v) is 3.94. The van der Waals surface area contributed by atoms with E-state index in [1.165, 1.54) is 12.3 Å². The molecule has 2 rings (SSSR count). The minimum atomic E-state index is 1.09. The smallest absolute Gasteiger partial charge is 0.0352 e. The minimum absolute atomic E-state index is 1.09.